The Balaban J connectivity index is 1.39. The third kappa shape index (κ3) is 6.20. The second-order valence-corrected chi connectivity index (χ2v) is 21.2. The second-order valence-electron chi connectivity index (χ2n) is 16.5. The Morgan fingerprint density at radius 2 is 1.49 bits per heavy atom. The van der Waals surface area contributed by atoms with Crippen LogP contribution in [0.2, 0.25) is 18.1 Å². The summed E-state index contributed by atoms with van der Waals surface area (Å²) < 4.78 is 62.3. The average Bonchev–Trinajstić information content (AvgIpc) is 3.56. The van der Waals surface area contributed by atoms with Crippen molar-refractivity contribution in [2.75, 3.05) is 21.2 Å². The molecule has 0 bridgehead atoms. The van der Waals surface area contributed by atoms with Crippen molar-refractivity contribution >= 4 is 25.7 Å². The van der Waals surface area contributed by atoms with Gasteiger partial charge in [-0.1, -0.05) is 81.4 Å². The monoisotopic (exact) mass is 772 g/mol. The van der Waals surface area contributed by atoms with E-state index in [0.717, 1.165) is 12.7 Å². The maximum atomic E-state index is 16.1. The van der Waals surface area contributed by atoms with Crippen LogP contribution in [0.15, 0.2) is 65.2 Å². The molecule has 0 N–H and O–H groups in total. The maximum Gasteiger partial charge on any atom is 0.265 e. The number of ether oxygens (including phenoxy) is 3. The number of rotatable bonds is 10. The molecule has 3 aliphatic carbocycles. The highest BCUT2D eigenvalue weighted by Crippen LogP contribution is 2.59. The number of hydrogen-bond acceptors (Lipinski definition) is 10. The van der Waals surface area contributed by atoms with Crippen molar-refractivity contribution in [2.24, 2.45) is 17.8 Å². The fraction of sp³-hybridized carbons (Fsp3) is 0.429. The molecule has 7 rings (SSSR count). The first kappa shape index (κ1) is 38.5. The molecular weight excluding hydrogens is 727 g/mol. The van der Waals surface area contributed by atoms with Gasteiger partial charge in [-0.3, -0.25) is 19.3 Å². The SMILES string of the molecule is COc1c(F)c(F)c2c(c1OCc1ccccc1)C(=O)C1C(=O)[C@]3(O[Si](C)(C)C(C)(C)C)C(=O)c4c(OCc5ccccc5)noc4[C@@H](N(C)C)[C@@H]3C[C@@H]1C2. The lowest BCUT2D eigenvalue weighted by molar-refractivity contribution is -0.151. The van der Waals surface area contributed by atoms with E-state index in [0.29, 0.717) is 5.56 Å². The molecule has 0 amide bonds. The molecule has 0 saturated heterocycles. The van der Waals surface area contributed by atoms with Crippen LogP contribution in [0.1, 0.15) is 76.4 Å². The number of carbonyl (C=O) groups is 3. The zero-order valence-electron chi connectivity index (χ0n) is 32.3. The summed E-state index contributed by atoms with van der Waals surface area (Å²) in [6.07, 6.45) is -0.0833. The molecule has 1 fully saturated rings. The summed E-state index contributed by atoms with van der Waals surface area (Å²) >= 11 is 0. The van der Waals surface area contributed by atoms with Gasteiger partial charge in [0, 0.05) is 11.5 Å². The fourth-order valence-electron chi connectivity index (χ4n) is 8.25. The predicted octanol–water partition coefficient (Wildman–Crippen LogP) is 7.94. The van der Waals surface area contributed by atoms with Gasteiger partial charge in [0.05, 0.1) is 24.6 Å². The molecule has 0 aliphatic heterocycles. The molecule has 13 heteroatoms. The van der Waals surface area contributed by atoms with Gasteiger partial charge in [0.2, 0.25) is 17.3 Å². The Kier molecular flexibility index (Phi) is 9.88. The fourth-order valence-corrected chi connectivity index (χ4v) is 9.70. The van der Waals surface area contributed by atoms with Gasteiger partial charge in [-0.2, -0.15) is 4.39 Å². The van der Waals surface area contributed by atoms with E-state index in [9.17, 15) is 4.79 Å². The highest BCUT2D eigenvalue weighted by Gasteiger charge is 2.70. The number of benzene rings is 3. The minimum absolute atomic E-state index is 0.0123. The third-order valence-electron chi connectivity index (χ3n) is 11.9. The van der Waals surface area contributed by atoms with Crippen LogP contribution in [0, 0.1) is 29.4 Å². The van der Waals surface area contributed by atoms with E-state index in [1.165, 1.54) is 0 Å². The van der Waals surface area contributed by atoms with Crippen molar-refractivity contribution in [3.63, 3.8) is 0 Å². The first-order chi connectivity index (χ1) is 26.0. The number of carbonyl (C=O) groups excluding carboxylic acids is 3. The number of halogens is 2. The average molecular weight is 773 g/mol. The predicted molar refractivity (Wildman–Crippen MR) is 201 cm³/mol. The summed E-state index contributed by atoms with van der Waals surface area (Å²) in [5.74, 6) is -8.60. The van der Waals surface area contributed by atoms with Crippen molar-refractivity contribution in [1.29, 1.82) is 0 Å². The molecule has 5 atom stereocenters. The van der Waals surface area contributed by atoms with Crippen molar-refractivity contribution < 1.29 is 46.3 Å². The van der Waals surface area contributed by atoms with E-state index in [2.05, 4.69) is 5.16 Å². The van der Waals surface area contributed by atoms with Crippen LogP contribution >= 0.6 is 0 Å². The maximum absolute atomic E-state index is 16.1. The molecule has 1 unspecified atom stereocenters. The van der Waals surface area contributed by atoms with Crippen LogP contribution in [-0.4, -0.2) is 62.5 Å². The molecule has 0 radical (unpaired) electrons. The molecule has 1 saturated carbocycles. The van der Waals surface area contributed by atoms with Gasteiger partial charge < -0.3 is 23.2 Å². The Hall–Kier alpha value is -4.72. The summed E-state index contributed by atoms with van der Waals surface area (Å²) in [4.78, 5) is 47.9. The number of nitrogens with zero attached hydrogens (tertiary/aromatic N) is 2. The molecule has 3 aliphatic rings. The third-order valence-corrected chi connectivity index (χ3v) is 16.4. The zero-order chi connectivity index (χ0) is 39.6. The molecule has 4 aromatic rings. The Bertz CT molecular complexity index is 2150. The van der Waals surface area contributed by atoms with E-state index in [-0.39, 0.29) is 60.1 Å². The van der Waals surface area contributed by atoms with Crippen molar-refractivity contribution in [3.05, 3.63) is 106 Å². The van der Waals surface area contributed by atoms with Gasteiger partial charge in [-0.15, -0.1) is 0 Å². The standard InChI is InChI=1S/C42H46F2N2O8Si/c1-41(2,3)55(7,8)54-42-27(33(46(4)5)35-30(39(42)49)40(45-53-35)52-22-24-17-13-10-14-18-24)20-25-19-26-29(34(47)28(25)38(42)48)36(37(50-6)32(44)31(26)43)51-21-23-15-11-9-12-16-23/h9-18,25,27-28,33H,19-22H2,1-8H3/t25-,27-,28?,33-,42-/m0/s1. The van der Waals surface area contributed by atoms with Crippen molar-refractivity contribution in [2.45, 2.75) is 76.6 Å². The molecule has 55 heavy (non-hydrogen) atoms. The highest BCUT2D eigenvalue weighted by molar-refractivity contribution is 6.74. The number of methoxy groups -OCH3 is 1. The van der Waals surface area contributed by atoms with Crippen LogP contribution < -0.4 is 14.2 Å². The van der Waals surface area contributed by atoms with Crippen LogP contribution in [0.5, 0.6) is 17.4 Å². The van der Waals surface area contributed by atoms with Gasteiger partial charge in [0.25, 0.3) is 5.88 Å². The molecule has 3 aromatic carbocycles. The molecule has 10 nitrogen and oxygen atoms in total. The van der Waals surface area contributed by atoms with Gasteiger partial charge in [-0.25, -0.2) is 4.39 Å². The summed E-state index contributed by atoms with van der Waals surface area (Å²) in [6.45, 7) is 9.88. The van der Waals surface area contributed by atoms with E-state index in [4.69, 9.17) is 23.2 Å². The molecular formula is C42H46F2N2O8Si. The van der Waals surface area contributed by atoms with E-state index >= 15 is 18.4 Å². The number of hydrogen-bond donors (Lipinski definition) is 0. The smallest absolute Gasteiger partial charge is 0.265 e. The van der Waals surface area contributed by atoms with E-state index in [1.54, 1.807) is 38.4 Å². The Morgan fingerprint density at radius 1 is 0.891 bits per heavy atom. The van der Waals surface area contributed by atoms with Gasteiger partial charge >= 0.3 is 0 Å². The number of ketones is 3. The number of Topliss-reactive ketones (excluding diaryl/α,β-unsaturated/α-hetero) is 3. The Morgan fingerprint density at radius 3 is 2.05 bits per heavy atom. The van der Waals surface area contributed by atoms with E-state index < -0.39 is 77.5 Å². The van der Waals surface area contributed by atoms with Gasteiger partial charge in [-0.05, 0) is 67.3 Å². The minimum Gasteiger partial charge on any atom is -0.490 e. The van der Waals surface area contributed by atoms with E-state index in [1.807, 2.05) is 75.2 Å². The molecule has 290 valence electrons. The van der Waals surface area contributed by atoms with Gasteiger partial charge in [0.1, 0.15) is 18.8 Å². The zero-order valence-corrected chi connectivity index (χ0v) is 33.3. The Labute approximate surface area is 320 Å². The van der Waals surface area contributed by atoms with Crippen LogP contribution in [0.25, 0.3) is 0 Å². The second kappa shape index (κ2) is 14.1. The quantitative estimate of drug-likeness (QED) is 0.116. The molecule has 0 spiro atoms. The lowest BCUT2D eigenvalue weighted by Gasteiger charge is -2.56. The van der Waals surface area contributed by atoms with Crippen LogP contribution in [0.4, 0.5) is 8.78 Å². The van der Waals surface area contributed by atoms with Crippen LogP contribution in [0.3, 0.4) is 0 Å². The lowest BCUT2D eigenvalue weighted by atomic mass is 9.54. The minimum atomic E-state index is -3.01. The lowest BCUT2D eigenvalue weighted by Crippen LogP contribution is -2.70. The number of fused-ring (bicyclic) bond motifs is 4. The summed E-state index contributed by atoms with van der Waals surface area (Å²) in [5.41, 5.74) is -1.11. The number of aromatic nitrogens is 1. The summed E-state index contributed by atoms with van der Waals surface area (Å²) in [5, 5.41) is 3.74. The van der Waals surface area contributed by atoms with Crippen molar-refractivity contribution in [3.8, 4) is 17.4 Å². The summed E-state index contributed by atoms with van der Waals surface area (Å²) in [6, 6.07) is 17.6. The largest absolute Gasteiger partial charge is 0.490 e. The molecule has 1 aromatic heterocycles. The first-order valence-electron chi connectivity index (χ1n) is 18.4. The van der Waals surface area contributed by atoms with Gasteiger partial charge in [0.15, 0.2) is 42.8 Å². The van der Waals surface area contributed by atoms with Crippen LogP contribution in [-0.2, 0) is 28.9 Å². The molecule has 1 heterocycles. The highest BCUT2D eigenvalue weighted by atomic mass is 28.4. The first-order valence-corrected chi connectivity index (χ1v) is 21.3. The normalized spacial score (nSPS) is 23.5. The summed E-state index contributed by atoms with van der Waals surface area (Å²) in [7, 11) is 1.74. The van der Waals surface area contributed by atoms with Crippen molar-refractivity contribution in [1.82, 2.24) is 10.1 Å². The topological polar surface area (TPSA) is 117 Å².